The molecule has 54 heteroatoms. The molecule has 6 aromatic rings. The lowest BCUT2D eigenvalue weighted by molar-refractivity contribution is -0.151. The Morgan fingerprint density at radius 2 is 0.439 bits per heavy atom. The van der Waals surface area contributed by atoms with Crippen LogP contribution in [-0.2, 0) is 158 Å². The normalized spacial score (nSPS) is 12.1. The first-order valence-electron chi connectivity index (χ1n) is 32.5. The van der Waals surface area contributed by atoms with Gasteiger partial charge in [0.25, 0.3) is 0 Å². The van der Waals surface area contributed by atoms with E-state index < -0.39 is 210 Å². The van der Waals surface area contributed by atoms with Gasteiger partial charge in [-0.15, -0.1) is 0 Å². The number of rotatable bonds is 39. The van der Waals surface area contributed by atoms with Crippen molar-refractivity contribution in [2.75, 3.05) is 84.6 Å². The lowest BCUT2D eigenvalue weighted by Gasteiger charge is -2.16. The maximum atomic E-state index is 12.6. The SMILES string of the molecule is CC(=O)c1nc(COC(=O)CCC(=O)OCc2cn(S(=O)(=O)N(C)C)c(C(C)=O)n2)cn1S(=O)(=O)N(C)C.CC(=O)c1nc(COC(=O)CCC(=O)OCc2cnc(C(C)=O)n2S(=O)(=O)N(C)C)cn1S(=O)(=O)N(C)C.CC(=O)c1ncc(COC(=O)CCC(=O)OCc2cnc(C(C)=O)n2S(=O)(=O)N(C)C)n1S(=O)(=O)N(C)C. The fourth-order valence-corrected chi connectivity index (χ4v) is 14.9. The summed E-state index contributed by atoms with van der Waals surface area (Å²) in [5.41, 5.74) is -0.257. The van der Waals surface area contributed by atoms with Gasteiger partial charge in [-0.2, -0.15) is 76.3 Å². The first-order chi connectivity index (χ1) is 52.5. The minimum absolute atomic E-state index is 0.00101. The molecule has 0 fully saturated rings. The van der Waals surface area contributed by atoms with Gasteiger partial charge in [0.1, 0.15) is 39.6 Å². The number of Topliss-reactive ketones (excluding diaryl/α,β-unsaturated/α-hetero) is 6. The number of nitrogens with zero attached hydrogens (tertiary/aromatic N) is 18. The first kappa shape index (κ1) is 95.9. The lowest BCUT2D eigenvalue weighted by Crippen LogP contribution is -2.32. The molecule has 6 heterocycles. The van der Waals surface area contributed by atoms with Crippen LogP contribution in [0.1, 0.15) is 178 Å². The van der Waals surface area contributed by atoms with Crippen molar-refractivity contribution in [1.82, 2.24) is 79.6 Å². The molecule has 0 saturated carbocycles. The second-order valence-corrected chi connectivity index (χ2v) is 36.6. The lowest BCUT2D eigenvalue weighted by atomic mass is 10.3. The van der Waals surface area contributed by atoms with Gasteiger partial charge in [-0.05, 0) is 0 Å². The minimum Gasteiger partial charge on any atom is -0.459 e. The Morgan fingerprint density at radius 1 is 0.272 bits per heavy atom. The van der Waals surface area contributed by atoms with Crippen LogP contribution in [0.5, 0.6) is 0 Å². The van der Waals surface area contributed by atoms with E-state index in [0.29, 0.717) is 23.8 Å². The molecule has 0 bridgehead atoms. The smallest absolute Gasteiger partial charge is 0.309 e. The predicted molar refractivity (Wildman–Crippen MR) is 388 cm³/mol. The molecule has 0 aliphatic carbocycles. The molecule has 6 rings (SSSR count). The quantitative estimate of drug-likeness (QED) is 0.0231. The number of carbonyl (C=O) groups is 12. The summed E-state index contributed by atoms with van der Waals surface area (Å²) in [5, 5.41) is 0. The van der Waals surface area contributed by atoms with Crippen molar-refractivity contribution >= 4 is 132 Å². The summed E-state index contributed by atoms with van der Waals surface area (Å²) in [7, 11) is -9.36. The number of ketones is 6. The third-order valence-corrected chi connectivity index (χ3v) is 25.0. The number of hydrogen-bond acceptors (Lipinski definition) is 36. The number of carbonyl (C=O) groups excluding carboxylic acids is 12. The van der Waals surface area contributed by atoms with E-state index in [0.717, 1.165) is 105 Å². The number of hydrogen-bond donors (Lipinski definition) is 0. The van der Waals surface area contributed by atoms with Crippen molar-refractivity contribution in [3.05, 3.63) is 106 Å². The summed E-state index contributed by atoms with van der Waals surface area (Å²) in [5.74, 6) is -11.0. The van der Waals surface area contributed by atoms with Crippen LogP contribution in [-0.4, -0.2) is 285 Å². The van der Waals surface area contributed by atoms with E-state index in [1.807, 2.05) is 0 Å². The summed E-state index contributed by atoms with van der Waals surface area (Å²) >= 11 is 0. The highest BCUT2D eigenvalue weighted by Crippen LogP contribution is 2.21. The summed E-state index contributed by atoms with van der Waals surface area (Å²) in [6, 6.07) is 0. The van der Waals surface area contributed by atoms with E-state index in [1.54, 1.807) is 0 Å². The highest BCUT2D eigenvalue weighted by molar-refractivity contribution is 7.89. The highest BCUT2D eigenvalue weighted by atomic mass is 32.2. The van der Waals surface area contributed by atoms with Gasteiger partial charge in [-0.1, -0.05) is 0 Å². The van der Waals surface area contributed by atoms with Crippen molar-refractivity contribution in [3.8, 4) is 0 Å². The second-order valence-electron chi connectivity index (χ2n) is 24.6. The molecule has 0 N–H and O–H groups in total. The number of ether oxygens (including phenoxy) is 6. The molecule has 0 spiro atoms. The van der Waals surface area contributed by atoms with Crippen LogP contribution < -0.4 is 0 Å². The summed E-state index contributed by atoms with van der Waals surface area (Å²) in [6.07, 6.45) is 3.91. The van der Waals surface area contributed by atoms with Crippen LogP contribution in [0.3, 0.4) is 0 Å². The van der Waals surface area contributed by atoms with Crippen LogP contribution in [0.15, 0.2) is 37.2 Å². The van der Waals surface area contributed by atoms with Crippen LogP contribution in [0.4, 0.5) is 0 Å². The molecule has 0 aliphatic rings. The molecule has 0 radical (unpaired) electrons. The fourth-order valence-electron chi connectivity index (χ4n) is 8.55. The van der Waals surface area contributed by atoms with E-state index in [1.165, 1.54) is 84.6 Å². The molecule has 0 aromatic carbocycles. The molecular formula is C60H84N18O30S6. The molecular weight excluding hydrogens is 1650 g/mol. The van der Waals surface area contributed by atoms with Crippen molar-refractivity contribution in [2.24, 2.45) is 0 Å². The monoisotopic (exact) mass is 1730 g/mol. The Bertz CT molecular complexity index is 5160. The third kappa shape index (κ3) is 24.3. The molecule has 48 nitrogen and oxygen atoms in total. The molecule has 114 heavy (non-hydrogen) atoms. The summed E-state index contributed by atoms with van der Waals surface area (Å²) in [6.45, 7) is 3.83. The minimum atomic E-state index is -4.14. The van der Waals surface area contributed by atoms with Crippen LogP contribution in [0.2, 0.25) is 0 Å². The zero-order valence-corrected chi connectivity index (χ0v) is 69.6. The van der Waals surface area contributed by atoms with E-state index in [-0.39, 0.29) is 69.1 Å². The Labute approximate surface area is 654 Å². The zero-order chi connectivity index (χ0) is 87.0. The van der Waals surface area contributed by atoms with Gasteiger partial charge in [0.05, 0.1) is 91.3 Å². The average Bonchev–Trinajstić information content (AvgIpc) is 1.63. The first-order valence-corrected chi connectivity index (χ1v) is 40.9. The Morgan fingerprint density at radius 3 is 0.596 bits per heavy atom. The standard InChI is InChI=1S/3C20H28N6O10S2/c1-13(27)19-21-9-16(26(19)38(33,34)24(5)6)12-36-18(30)8-7-17(29)35-11-15-10-25(20(22-15)14(2)28)37(31,32)23(3)4;1-13(27)19-21-15(9-25(19)37(31,32)23(3)4)11-35-17(29)7-8-18(30)36-12-16-10-26(20(22-16)14(2)28)38(33,34)24(5)6;1-13(27)19-21-9-15(25(19)37(31,32)23(3)4)11-35-17(29)7-8-18(30)36-12-16-10-22-20(14(2)28)26(16)38(33,34)24(5)6/h3*9-10H,7-8,11-12H2,1-6H3. The van der Waals surface area contributed by atoms with Gasteiger partial charge in [0.15, 0.2) is 69.6 Å². The second kappa shape index (κ2) is 39.5. The summed E-state index contributed by atoms with van der Waals surface area (Å²) < 4.78 is 189. The maximum Gasteiger partial charge on any atom is 0.309 e. The van der Waals surface area contributed by atoms with Gasteiger partial charge in [-0.25, -0.2) is 53.7 Å². The van der Waals surface area contributed by atoms with Gasteiger partial charge in [0.2, 0.25) is 0 Å². The van der Waals surface area contributed by atoms with Crippen molar-refractivity contribution in [2.45, 2.75) is 120 Å². The molecule has 0 amide bonds. The zero-order valence-electron chi connectivity index (χ0n) is 64.7. The molecule has 630 valence electrons. The van der Waals surface area contributed by atoms with Crippen LogP contribution in [0, 0.1) is 0 Å². The number of imidazole rings is 6. The maximum absolute atomic E-state index is 12.6. The molecule has 0 unspecified atom stereocenters. The van der Waals surface area contributed by atoms with Gasteiger partial charge < -0.3 is 28.4 Å². The third-order valence-electron chi connectivity index (χ3n) is 14.5. The fraction of sp³-hybridized carbons (Fsp3) is 0.500. The van der Waals surface area contributed by atoms with Crippen LogP contribution >= 0.6 is 0 Å². The van der Waals surface area contributed by atoms with E-state index >= 15 is 0 Å². The van der Waals surface area contributed by atoms with Gasteiger partial charge in [0, 0.05) is 145 Å². The van der Waals surface area contributed by atoms with Crippen molar-refractivity contribution in [1.29, 1.82) is 0 Å². The topological polar surface area (TPSA) is 591 Å². The van der Waals surface area contributed by atoms with Gasteiger partial charge >= 0.3 is 97.1 Å². The summed E-state index contributed by atoms with van der Waals surface area (Å²) in [4.78, 5) is 166. The average molecular weight is 1730 g/mol. The Hall–Kier alpha value is -10.4. The number of aromatic nitrogens is 12. The van der Waals surface area contributed by atoms with Gasteiger partial charge in [-0.3, -0.25) is 57.5 Å². The molecule has 0 saturated heterocycles. The van der Waals surface area contributed by atoms with Crippen molar-refractivity contribution < 1.29 is 136 Å². The highest BCUT2D eigenvalue weighted by Gasteiger charge is 2.33. The molecule has 0 atom stereocenters. The van der Waals surface area contributed by atoms with Crippen molar-refractivity contribution in [3.63, 3.8) is 0 Å². The largest absolute Gasteiger partial charge is 0.459 e. The van der Waals surface area contributed by atoms with E-state index in [4.69, 9.17) is 28.4 Å². The Kier molecular flexibility index (Phi) is 33.3. The number of esters is 6. The van der Waals surface area contributed by atoms with E-state index in [9.17, 15) is 108 Å². The van der Waals surface area contributed by atoms with E-state index in [2.05, 4.69) is 29.9 Å². The predicted octanol–water partition coefficient (Wildman–Crippen LogP) is -1.92. The molecule has 0 aliphatic heterocycles. The van der Waals surface area contributed by atoms with Crippen LogP contribution in [0.25, 0.3) is 0 Å². The molecule has 6 aromatic heterocycles. The Balaban J connectivity index is 0.000000360.